The SMILES string of the molecule is C/C=C/C(=O)NC1CCC(CC)C1C. The predicted molar refractivity (Wildman–Crippen MR) is 58.9 cm³/mol. The Bertz CT molecular complexity index is 222. The van der Waals surface area contributed by atoms with Gasteiger partial charge in [0.05, 0.1) is 0 Å². The summed E-state index contributed by atoms with van der Waals surface area (Å²) in [6.07, 6.45) is 7.02. The molecule has 0 heterocycles. The third kappa shape index (κ3) is 2.60. The van der Waals surface area contributed by atoms with Crippen LogP contribution >= 0.6 is 0 Å². The van der Waals surface area contributed by atoms with Crippen LogP contribution in [-0.4, -0.2) is 11.9 Å². The lowest BCUT2D eigenvalue weighted by molar-refractivity contribution is -0.117. The van der Waals surface area contributed by atoms with E-state index in [0.717, 1.165) is 12.3 Å². The van der Waals surface area contributed by atoms with Crippen LogP contribution in [0.2, 0.25) is 0 Å². The molecule has 2 nitrogen and oxygen atoms in total. The normalized spacial score (nSPS) is 32.4. The zero-order valence-electron chi connectivity index (χ0n) is 9.42. The van der Waals surface area contributed by atoms with Crippen molar-refractivity contribution in [2.75, 3.05) is 0 Å². The fraction of sp³-hybridized carbons (Fsp3) is 0.750. The zero-order valence-corrected chi connectivity index (χ0v) is 9.42. The Morgan fingerprint density at radius 1 is 1.50 bits per heavy atom. The molecular formula is C12H21NO. The molecule has 0 aromatic heterocycles. The number of hydrogen-bond acceptors (Lipinski definition) is 1. The van der Waals surface area contributed by atoms with Gasteiger partial charge in [0.1, 0.15) is 0 Å². The Labute approximate surface area is 86.8 Å². The Morgan fingerprint density at radius 2 is 2.21 bits per heavy atom. The summed E-state index contributed by atoms with van der Waals surface area (Å²) in [6.45, 7) is 6.35. The van der Waals surface area contributed by atoms with Gasteiger partial charge in [0.15, 0.2) is 0 Å². The first kappa shape index (κ1) is 11.3. The first-order valence-corrected chi connectivity index (χ1v) is 5.62. The Morgan fingerprint density at radius 3 is 2.71 bits per heavy atom. The number of carbonyl (C=O) groups is 1. The molecule has 1 amide bonds. The molecule has 14 heavy (non-hydrogen) atoms. The lowest BCUT2D eigenvalue weighted by Gasteiger charge is -2.20. The average molecular weight is 195 g/mol. The second kappa shape index (κ2) is 5.18. The van der Waals surface area contributed by atoms with Gasteiger partial charge in [0.2, 0.25) is 5.91 Å². The van der Waals surface area contributed by atoms with Crippen LogP contribution in [0.1, 0.15) is 40.0 Å². The van der Waals surface area contributed by atoms with Crippen molar-refractivity contribution in [1.82, 2.24) is 5.32 Å². The van der Waals surface area contributed by atoms with E-state index < -0.39 is 0 Å². The molecule has 1 rings (SSSR count). The van der Waals surface area contributed by atoms with E-state index in [0.29, 0.717) is 12.0 Å². The quantitative estimate of drug-likeness (QED) is 0.689. The number of amides is 1. The molecule has 3 unspecified atom stereocenters. The van der Waals surface area contributed by atoms with E-state index >= 15 is 0 Å². The van der Waals surface area contributed by atoms with Crippen molar-refractivity contribution in [2.45, 2.75) is 46.1 Å². The number of carbonyl (C=O) groups excluding carboxylic acids is 1. The first-order valence-electron chi connectivity index (χ1n) is 5.62. The van der Waals surface area contributed by atoms with Gasteiger partial charge in [-0.2, -0.15) is 0 Å². The Hall–Kier alpha value is -0.790. The van der Waals surface area contributed by atoms with Gasteiger partial charge < -0.3 is 5.32 Å². The van der Waals surface area contributed by atoms with Gasteiger partial charge in [-0.1, -0.05) is 26.3 Å². The molecule has 1 N–H and O–H groups in total. The van der Waals surface area contributed by atoms with Gasteiger partial charge >= 0.3 is 0 Å². The van der Waals surface area contributed by atoms with Crippen molar-refractivity contribution in [3.8, 4) is 0 Å². The van der Waals surface area contributed by atoms with E-state index in [4.69, 9.17) is 0 Å². The molecule has 0 saturated heterocycles. The smallest absolute Gasteiger partial charge is 0.243 e. The summed E-state index contributed by atoms with van der Waals surface area (Å²) in [5.41, 5.74) is 0. The fourth-order valence-corrected chi connectivity index (χ4v) is 2.41. The van der Waals surface area contributed by atoms with Crippen LogP contribution < -0.4 is 5.32 Å². The van der Waals surface area contributed by atoms with Crippen LogP contribution in [0.15, 0.2) is 12.2 Å². The van der Waals surface area contributed by atoms with E-state index in [2.05, 4.69) is 19.2 Å². The molecule has 1 aliphatic carbocycles. The Kier molecular flexibility index (Phi) is 4.18. The van der Waals surface area contributed by atoms with Crippen molar-refractivity contribution in [3.63, 3.8) is 0 Å². The number of nitrogens with one attached hydrogen (secondary N) is 1. The summed E-state index contributed by atoms with van der Waals surface area (Å²) in [7, 11) is 0. The van der Waals surface area contributed by atoms with Crippen LogP contribution in [0.5, 0.6) is 0 Å². The lowest BCUT2D eigenvalue weighted by Crippen LogP contribution is -2.36. The average Bonchev–Trinajstić information content (AvgIpc) is 2.48. The summed E-state index contributed by atoms with van der Waals surface area (Å²) in [5.74, 6) is 1.49. The molecule has 0 aromatic rings. The van der Waals surface area contributed by atoms with Gasteiger partial charge in [0.25, 0.3) is 0 Å². The second-order valence-electron chi connectivity index (χ2n) is 4.22. The van der Waals surface area contributed by atoms with Gasteiger partial charge in [-0.15, -0.1) is 0 Å². The number of hydrogen-bond donors (Lipinski definition) is 1. The van der Waals surface area contributed by atoms with Crippen molar-refractivity contribution in [2.24, 2.45) is 11.8 Å². The summed E-state index contributed by atoms with van der Waals surface area (Å²) >= 11 is 0. The van der Waals surface area contributed by atoms with E-state index in [-0.39, 0.29) is 5.91 Å². The number of rotatable bonds is 3. The largest absolute Gasteiger partial charge is 0.350 e. The number of allylic oxidation sites excluding steroid dienone is 1. The van der Waals surface area contributed by atoms with Crippen LogP contribution in [-0.2, 0) is 4.79 Å². The van der Waals surface area contributed by atoms with Crippen molar-refractivity contribution >= 4 is 5.91 Å². The van der Waals surface area contributed by atoms with Crippen LogP contribution in [0.4, 0.5) is 0 Å². The van der Waals surface area contributed by atoms with Gasteiger partial charge in [-0.25, -0.2) is 0 Å². The molecule has 0 spiro atoms. The molecule has 0 aromatic carbocycles. The lowest BCUT2D eigenvalue weighted by atomic mass is 9.93. The maximum absolute atomic E-state index is 11.3. The molecule has 0 bridgehead atoms. The highest BCUT2D eigenvalue weighted by Crippen LogP contribution is 2.33. The second-order valence-corrected chi connectivity index (χ2v) is 4.22. The summed E-state index contributed by atoms with van der Waals surface area (Å²) in [4.78, 5) is 11.3. The van der Waals surface area contributed by atoms with E-state index in [1.165, 1.54) is 12.8 Å². The monoisotopic (exact) mass is 195 g/mol. The zero-order chi connectivity index (χ0) is 10.6. The van der Waals surface area contributed by atoms with Gasteiger partial charge in [-0.05, 0) is 37.7 Å². The molecule has 3 atom stereocenters. The highest BCUT2D eigenvalue weighted by atomic mass is 16.1. The third-order valence-corrected chi connectivity index (χ3v) is 3.40. The molecule has 0 aliphatic heterocycles. The fourth-order valence-electron chi connectivity index (χ4n) is 2.41. The highest BCUT2D eigenvalue weighted by molar-refractivity contribution is 5.87. The Balaban J connectivity index is 2.43. The molecule has 1 aliphatic rings. The van der Waals surface area contributed by atoms with Crippen LogP contribution in [0.3, 0.4) is 0 Å². The predicted octanol–water partition coefficient (Wildman–Crippen LogP) is 2.50. The molecule has 1 saturated carbocycles. The van der Waals surface area contributed by atoms with E-state index in [9.17, 15) is 4.79 Å². The molecule has 0 radical (unpaired) electrons. The summed E-state index contributed by atoms with van der Waals surface area (Å²) < 4.78 is 0. The first-order chi connectivity index (χ1) is 6.69. The highest BCUT2D eigenvalue weighted by Gasteiger charge is 2.31. The minimum atomic E-state index is 0.0566. The minimum absolute atomic E-state index is 0.0566. The summed E-state index contributed by atoms with van der Waals surface area (Å²) in [6, 6.07) is 0.392. The molecular weight excluding hydrogens is 174 g/mol. The van der Waals surface area contributed by atoms with E-state index in [1.807, 2.05) is 6.92 Å². The standard InChI is InChI=1S/C12H21NO/c1-4-6-12(14)13-11-8-7-10(5-2)9(11)3/h4,6,9-11H,5,7-8H2,1-3H3,(H,13,14)/b6-4+. The molecule has 1 fully saturated rings. The minimum Gasteiger partial charge on any atom is -0.350 e. The molecule has 2 heteroatoms. The van der Waals surface area contributed by atoms with Crippen molar-refractivity contribution in [1.29, 1.82) is 0 Å². The summed E-state index contributed by atoms with van der Waals surface area (Å²) in [5, 5.41) is 3.07. The van der Waals surface area contributed by atoms with Crippen LogP contribution in [0, 0.1) is 11.8 Å². The van der Waals surface area contributed by atoms with Gasteiger partial charge in [-0.3, -0.25) is 4.79 Å². The van der Waals surface area contributed by atoms with Gasteiger partial charge in [0, 0.05) is 6.04 Å². The van der Waals surface area contributed by atoms with E-state index in [1.54, 1.807) is 12.2 Å². The topological polar surface area (TPSA) is 29.1 Å². The van der Waals surface area contributed by atoms with Crippen molar-refractivity contribution in [3.05, 3.63) is 12.2 Å². The molecule has 80 valence electrons. The third-order valence-electron chi connectivity index (χ3n) is 3.40. The van der Waals surface area contributed by atoms with Crippen molar-refractivity contribution < 1.29 is 4.79 Å². The maximum atomic E-state index is 11.3. The van der Waals surface area contributed by atoms with Crippen LogP contribution in [0.25, 0.3) is 0 Å². The maximum Gasteiger partial charge on any atom is 0.243 e.